The van der Waals surface area contributed by atoms with E-state index in [4.69, 9.17) is 14.2 Å². The molecule has 1 aliphatic rings. The fourth-order valence-electron chi connectivity index (χ4n) is 3.16. The molecule has 1 aromatic heterocycles. The topological polar surface area (TPSA) is 82.6 Å². The standard InChI is InChI=1S/C22H21N3O4/c1-27-22-23-13-17(14-24-22)21(26)25-18(11-15-5-3-2-4-6-15)16-7-8-19-20(12-16)29-10-9-28-19/h2-8,12-14,18H,9-11H2,1H3,(H,25,26). The molecule has 0 aliphatic carbocycles. The first-order chi connectivity index (χ1) is 14.2. The van der Waals surface area contributed by atoms with Crippen LogP contribution in [0.15, 0.2) is 60.9 Å². The number of carbonyl (C=O) groups excluding carboxylic acids is 1. The fourth-order valence-corrected chi connectivity index (χ4v) is 3.16. The van der Waals surface area contributed by atoms with Crippen LogP contribution in [0, 0.1) is 0 Å². The molecular formula is C22H21N3O4. The SMILES string of the molecule is COc1ncc(C(=O)NC(Cc2ccccc2)c2ccc3c(c2)OCCO3)cn1. The molecule has 1 amide bonds. The molecule has 2 heterocycles. The van der Waals surface area contributed by atoms with Crippen LogP contribution < -0.4 is 19.5 Å². The summed E-state index contributed by atoms with van der Waals surface area (Å²) >= 11 is 0. The van der Waals surface area contributed by atoms with E-state index in [1.807, 2.05) is 48.5 Å². The van der Waals surface area contributed by atoms with E-state index >= 15 is 0 Å². The highest BCUT2D eigenvalue weighted by atomic mass is 16.6. The van der Waals surface area contributed by atoms with Gasteiger partial charge in [0.2, 0.25) is 0 Å². The summed E-state index contributed by atoms with van der Waals surface area (Å²) in [6, 6.07) is 15.7. The molecule has 0 saturated carbocycles. The number of hydrogen-bond donors (Lipinski definition) is 1. The molecule has 0 radical (unpaired) electrons. The molecule has 7 heteroatoms. The first-order valence-corrected chi connectivity index (χ1v) is 9.33. The number of amides is 1. The Kier molecular flexibility index (Phi) is 5.56. The van der Waals surface area contributed by atoms with Gasteiger partial charge in [0.15, 0.2) is 11.5 Å². The molecule has 148 valence electrons. The normalized spacial score (nSPS) is 13.4. The van der Waals surface area contributed by atoms with Gasteiger partial charge in [-0.2, -0.15) is 0 Å². The Morgan fingerprint density at radius 1 is 1.07 bits per heavy atom. The van der Waals surface area contributed by atoms with E-state index in [9.17, 15) is 4.79 Å². The predicted molar refractivity (Wildman–Crippen MR) is 106 cm³/mol. The zero-order chi connectivity index (χ0) is 20.1. The van der Waals surface area contributed by atoms with Crippen LogP contribution in [0.2, 0.25) is 0 Å². The van der Waals surface area contributed by atoms with Crippen molar-refractivity contribution in [1.29, 1.82) is 0 Å². The summed E-state index contributed by atoms with van der Waals surface area (Å²) in [5.41, 5.74) is 2.40. The van der Waals surface area contributed by atoms with Gasteiger partial charge in [0, 0.05) is 12.4 Å². The number of hydrogen-bond acceptors (Lipinski definition) is 6. The lowest BCUT2D eigenvalue weighted by molar-refractivity contribution is 0.0935. The summed E-state index contributed by atoms with van der Waals surface area (Å²) in [5, 5.41) is 3.09. The first kappa shape index (κ1) is 18.7. The van der Waals surface area contributed by atoms with Gasteiger partial charge in [0.25, 0.3) is 5.91 Å². The van der Waals surface area contributed by atoms with Gasteiger partial charge in [-0.1, -0.05) is 36.4 Å². The number of nitrogens with one attached hydrogen (secondary N) is 1. The molecule has 29 heavy (non-hydrogen) atoms. The highest BCUT2D eigenvalue weighted by Crippen LogP contribution is 2.33. The third-order valence-electron chi connectivity index (χ3n) is 4.63. The summed E-state index contributed by atoms with van der Waals surface area (Å²) in [4.78, 5) is 20.8. The zero-order valence-electron chi connectivity index (χ0n) is 16.0. The molecule has 2 aromatic carbocycles. The van der Waals surface area contributed by atoms with Crippen molar-refractivity contribution in [3.05, 3.63) is 77.6 Å². The lowest BCUT2D eigenvalue weighted by atomic mass is 9.98. The molecule has 4 rings (SSSR count). The average Bonchev–Trinajstić information content (AvgIpc) is 2.79. The summed E-state index contributed by atoms with van der Waals surface area (Å²) in [6.45, 7) is 1.04. The van der Waals surface area contributed by atoms with Crippen LogP contribution >= 0.6 is 0 Å². The number of ether oxygens (including phenoxy) is 3. The highest BCUT2D eigenvalue weighted by Gasteiger charge is 2.20. The Hall–Kier alpha value is -3.61. The molecule has 0 fully saturated rings. The van der Waals surface area contributed by atoms with Crippen LogP contribution in [0.1, 0.15) is 27.5 Å². The second-order valence-electron chi connectivity index (χ2n) is 6.58. The minimum atomic E-state index is -0.261. The largest absolute Gasteiger partial charge is 0.486 e. The van der Waals surface area contributed by atoms with Crippen molar-refractivity contribution in [3.8, 4) is 17.5 Å². The molecule has 1 N–H and O–H groups in total. The van der Waals surface area contributed by atoms with Crippen LogP contribution in [0.25, 0.3) is 0 Å². The van der Waals surface area contributed by atoms with Crippen molar-refractivity contribution >= 4 is 5.91 Å². The molecule has 1 aliphatic heterocycles. The number of nitrogens with zero attached hydrogens (tertiary/aromatic N) is 2. The van der Waals surface area contributed by atoms with E-state index < -0.39 is 0 Å². The van der Waals surface area contributed by atoms with Crippen molar-refractivity contribution in [1.82, 2.24) is 15.3 Å². The van der Waals surface area contributed by atoms with E-state index in [1.165, 1.54) is 19.5 Å². The molecule has 1 unspecified atom stereocenters. The number of rotatable bonds is 6. The van der Waals surface area contributed by atoms with Crippen molar-refractivity contribution in [2.24, 2.45) is 0 Å². The zero-order valence-corrected chi connectivity index (χ0v) is 16.0. The van der Waals surface area contributed by atoms with Gasteiger partial charge in [-0.3, -0.25) is 4.79 Å². The van der Waals surface area contributed by atoms with E-state index in [0.29, 0.717) is 36.7 Å². The monoisotopic (exact) mass is 391 g/mol. The van der Waals surface area contributed by atoms with E-state index in [0.717, 1.165) is 11.1 Å². The average molecular weight is 391 g/mol. The summed E-state index contributed by atoms with van der Waals surface area (Å²) in [6.07, 6.45) is 3.53. The van der Waals surface area contributed by atoms with Crippen molar-refractivity contribution in [2.45, 2.75) is 12.5 Å². The Labute approximate surface area is 168 Å². The van der Waals surface area contributed by atoms with Crippen molar-refractivity contribution in [3.63, 3.8) is 0 Å². The number of carbonyl (C=O) groups is 1. The lowest BCUT2D eigenvalue weighted by Gasteiger charge is -2.23. The molecule has 0 saturated heterocycles. The smallest absolute Gasteiger partial charge is 0.316 e. The minimum Gasteiger partial charge on any atom is -0.486 e. The maximum absolute atomic E-state index is 12.8. The molecule has 1 atom stereocenters. The number of aromatic nitrogens is 2. The van der Waals surface area contributed by atoms with Gasteiger partial charge in [0.1, 0.15) is 13.2 Å². The molecule has 7 nitrogen and oxygen atoms in total. The predicted octanol–water partition coefficient (Wildman–Crippen LogP) is 2.97. The Balaban J connectivity index is 1.60. The van der Waals surface area contributed by atoms with Gasteiger partial charge in [-0.05, 0) is 29.7 Å². The van der Waals surface area contributed by atoms with Gasteiger partial charge < -0.3 is 19.5 Å². The van der Waals surface area contributed by atoms with Crippen LogP contribution in [0.3, 0.4) is 0 Å². The van der Waals surface area contributed by atoms with Gasteiger partial charge in [0.05, 0.1) is 18.7 Å². The van der Waals surface area contributed by atoms with Crippen molar-refractivity contribution < 1.29 is 19.0 Å². The Morgan fingerprint density at radius 2 is 1.79 bits per heavy atom. The first-order valence-electron chi connectivity index (χ1n) is 9.33. The second-order valence-corrected chi connectivity index (χ2v) is 6.58. The Morgan fingerprint density at radius 3 is 2.52 bits per heavy atom. The number of benzene rings is 2. The number of fused-ring (bicyclic) bond motifs is 1. The van der Waals surface area contributed by atoms with E-state index in [2.05, 4.69) is 15.3 Å². The minimum absolute atomic E-state index is 0.217. The number of methoxy groups -OCH3 is 1. The van der Waals surface area contributed by atoms with Gasteiger partial charge in [-0.25, -0.2) is 9.97 Å². The summed E-state index contributed by atoms with van der Waals surface area (Å²) < 4.78 is 16.3. The fraction of sp³-hybridized carbons (Fsp3) is 0.227. The van der Waals surface area contributed by atoms with Gasteiger partial charge >= 0.3 is 6.01 Å². The van der Waals surface area contributed by atoms with Crippen molar-refractivity contribution in [2.75, 3.05) is 20.3 Å². The second kappa shape index (κ2) is 8.60. The molecule has 0 bridgehead atoms. The molecule has 3 aromatic rings. The highest BCUT2D eigenvalue weighted by molar-refractivity contribution is 5.93. The van der Waals surface area contributed by atoms with Crippen LogP contribution in [0.4, 0.5) is 0 Å². The molecule has 0 spiro atoms. The van der Waals surface area contributed by atoms with Crippen LogP contribution in [-0.4, -0.2) is 36.2 Å². The summed E-state index contributed by atoms with van der Waals surface area (Å²) in [5.74, 6) is 1.14. The van der Waals surface area contributed by atoms with Crippen LogP contribution in [-0.2, 0) is 6.42 Å². The maximum atomic E-state index is 12.8. The van der Waals surface area contributed by atoms with E-state index in [-0.39, 0.29) is 18.0 Å². The Bertz CT molecular complexity index is 977. The quantitative estimate of drug-likeness (QED) is 0.696. The maximum Gasteiger partial charge on any atom is 0.316 e. The van der Waals surface area contributed by atoms with Gasteiger partial charge in [-0.15, -0.1) is 0 Å². The lowest BCUT2D eigenvalue weighted by Crippen LogP contribution is -2.30. The van der Waals surface area contributed by atoms with E-state index in [1.54, 1.807) is 0 Å². The third-order valence-corrected chi connectivity index (χ3v) is 4.63. The third kappa shape index (κ3) is 4.45. The summed E-state index contributed by atoms with van der Waals surface area (Å²) in [7, 11) is 1.48. The molecular weight excluding hydrogens is 370 g/mol. The van der Waals surface area contributed by atoms with Crippen LogP contribution in [0.5, 0.6) is 17.5 Å².